The summed E-state index contributed by atoms with van der Waals surface area (Å²) >= 11 is 5.89. The second-order valence-electron chi connectivity index (χ2n) is 8.57. The standard InChI is InChI=1S/C29H22ClN3O5/c1-17(34)33-29(26-24-6-4-3-5-19(24)11-16-25(26)37-18(2)35)38-28(32-33)21-9-14-23(15-10-21)31-27(36)20-7-12-22(30)13-8-20/h3-16,29H,1-2H3,(H,31,36). The first-order chi connectivity index (χ1) is 18.3. The van der Waals surface area contributed by atoms with Gasteiger partial charge in [0.25, 0.3) is 5.91 Å². The van der Waals surface area contributed by atoms with E-state index in [9.17, 15) is 14.4 Å². The quantitative estimate of drug-likeness (QED) is 0.257. The third-order valence-corrected chi connectivity index (χ3v) is 6.15. The van der Waals surface area contributed by atoms with Crippen molar-refractivity contribution < 1.29 is 23.9 Å². The van der Waals surface area contributed by atoms with Gasteiger partial charge >= 0.3 is 5.97 Å². The van der Waals surface area contributed by atoms with E-state index in [1.54, 1.807) is 54.6 Å². The van der Waals surface area contributed by atoms with Crippen molar-refractivity contribution in [3.05, 3.63) is 107 Å². The predicted octanol–water partition coefficient (Wildman–Crippen LogP) is 5.91. The number of fused-ring (bicyclic) bond motifs is 1. The van der Waals surface area contributed by atoms with Gasteiger partial charge in [0.2, 0.25) is 18.0 Å². The maximum Gasteiger partial charge on any atom is 0.308 e. The fourth-order valence-electron chi connectivity index (χ4n) is 4.15. The van der Waals surface area contributed by atoms with Gasteiger partial charge in [0.05, 0.1) is 5.56 Å². The molecule has 0 saturated heterocycles. The summed E-state index contributed by atoms with van der Waals surface area (Å²) in [6, 6.07) is 24.5. The van der Waals surface area contributed by atoms with E-state index in [-0.39, 0.29) is 23.5 Å². The molecule has 0 radical (unpaired) electrons. The first kappa shape index (κ1) is 25.0. The van der Waals surface area contributed by atoms with Gasteiger partial charge in [-0.05, 0) is 65.4 Å². The van der Waals surface area contributed by atoms with Crippen molar-refractivity contribution >= 4 is 51.7 Å². The summed E-state index contributed by atoms with van der Waals surface area (Å²) in [7, 11) is 0. The zero-order chi connectivity index (χ0) is 26.8. The molecule has 0 fully saturated rings. The van der Waals surface area contributed by atoms with Crippen LogP contribution in [0.25, 0.3) is 10.8 Å². The first-order valence-corrected chi connectivity index (χ1v) is 12.1. The van der Waals surface area contributed by atoms with E-state index in [0.29, 0.717) is 27.4 Å². The molecule has 5 rings (SSSR count). The molecule has 4 aromatic rings. The summed E-state index contributed by atoms with van der Waals surface area (Å²) in [5, 5.41) is 10.7. The number of hydrogen-bond acceptors (Lipinski definition) is 6. The van der Waals surface area contributed by atoms with Crippen LogP contribution in [-0.4, -0.2) is 28.7 Å². The molecule has 4 aromatic carbocycles. The van der Waals surface area contributed by atoms with Gasteiger partial charge in [0.15, 0.2) is 0 Å². The van der Waals surface area contributed by atoms with Gasteiger partial charge in [-0.3, -0.25) is 14.4 Å². The number of rotatable bonds is 5. The lowest BCUT2D eigenvalue weighted by atomic mass is 10.0. The van der Waals surface area contributed by atoms with Gasteiger partial charge in [0.1, 0.15) is 5.75 Å². The molecule has 9 heteroatoms. The van der Waals surface area contributed by atoms with E-state index in [1.807, 2.05) is 30.3 Å². The summed E-state index contributed by atoms with van der Waals surface area (Å²) in [4.78, 5) is 36.9. The number of amides is 2. The number of nitrogens with one attached hydrogen (secondary N) is 1. The summed E-state index contributed by atoms with van der Waals surface area (Å²) in [5.41, 5.74) is 2.15. The van der Waals surface area contributed by atoms with Crippen molar-refractivity contribution in [2.75, 3.05) is 5.32 Å². The van der Waals surface area contributed by atoms with E-state index in [1.165, 1.54) is 18.9 Å². The van der Waals surface area contributed by atoms with Crippen LogP contribution in [0, 0.1) is 0 Å². The van der Waals surface area contributed by atoms with Gasteiger partial charge in [-0.1, -0.05) is 41.9 Å². The van der Waals surface area contributed by atoms with Crippen LogP contribution in [0.1, 0.15) is 41.6 Å². The van der Waals surface area contributed by atoms with Gasteiger partial charge in [-0.15, -0.1) is 5.10 Å². The average molecular weight is 528 g/mol. The minimum absolute atomic E-state index is 0.211. The number of anilines is 1. The molecule has 0 bridgehead atoms. The lowest BCUT2D eigenvalue weighted by molar-refractivity contribution is -0.135. The van der Waals surface area contributed by atoms with Gasteiger partial charge in [-0.2, -0.15) is 5.01 Å². The Morgan fingerprint density at radius 3 is 2.32 bits per heavy atom. The fraction of sp³-hybridized carbons (Fsp3) is 0.103. The van der Waals surface area contributed by atoms with Gasteiger partial charge < -0.3 is 14.8 Å². The fourth-order valence-corrected chi connectivity index (χ4v) is 4.27. The van der Waals surface area contributed by atoms with Crippen LogP contribution in [-0.2, 0) is 14.3 Å². The number of carbonyl (C=O) groups excluding carboxylic acids is 3. The Morgan fingerprint density at radius 1 is 0.921 bits per heavy atom. The normalized spacial score (nSPS) is 14.6. The number of halogens is 1. The summed E-state index contributed by atoms with van der Waals surface area (Å²) in [6.07, 6.45) is -0.952. The molecule has 8 nitrogen and oxygen atoms in total. The zero-order valence-electron chi connectivity index (χ0n) is 20.5. The molecule has 190 valence electrons. The third kappa shape index (κ3) is 5.07. The number of hydrazone groups is 1. The molecular weight excluding hydrogens is 506 g/mol. The van der Waals surface area contributed by atoms with E-state index in [4.69, 9.17) is 21.1 Å². The first-order valence-electron chi connectivity index (χ1n) is 11.7. The second-order valence-corrected chi connectivity index (χ2v) is 9.01. The Kier molecular flexibility index (Phi) is 6.81. The Bertz CT molecular complexity index is 1580. The number of hydrogen-bond donors (Lipinski definition) is 1. The average Bonchev–Trinajstić information content (AvgIpc) is 3.34. The highest BCUT2D eigenvalue weighted by molar-refractivity contribution is 6.30. The van der Waals surface area contributed by atoms with Crippen molar-refractivity contribution in [1.82, 2.24) is 5.01 Å². The van der Waals surface area contributed by atoms with E-state index >= 15 is 0 Å². The van der Waals surface area contributed by atoms with Crippen molar-refractivity contribution in [3.63, 3.8) is 0 Å². The second kappa shape index (κ2) is 10.4. The van der Waals surface area contributed by atoms with Crippen LogP contribution in [0.5, 0.6) is 5.75 Å². The van der Waals surface area contributed by atoms with Crippen molar-refractivity contribution in [3.8, 4) is 5.75 Å². The maximum absolute atomic E-state index is 12.6. The van der Waals surface area contributed by atoms with Crippen LogP contribution in [0.4, 0.5) is 5.69 Å². The largest absolute Gasteiger partial charge is 0.445 e. The highest BCUT2D eigenvalue weighted by atomic mass is 35.5. The number of ether oxygens (including phenoxy) is 2. The molecule has 1 N–H and O–H groups in total. The van der Waals surface area contributed by atoms with Crippen LogP contribution in [0.15, 0.2) is 90.0 Å². The Morgan fingerprint density at radius 2 is 1.63 bits per heavy atom. The zero-order valence-corrected chi connectivity index (χ0v) is 21.2. The Hall–Kier alpha value is -4.69. The van der Waals surface area contributed by atoms with Crippen LogP contribution >= 0.6 is 11.6 Å². The van der Waals surface area contributed by atoms with E-state index in [2.05, 4.69) is 10.4 Å². The minimum atomic E-state index is -0.952. The summed E-state index contributed by atoms with van der Waals surface area (Å²) in [5.74, 6) is -0.628. The third-order valence-electron chi connectivity index (χ3n) is 5.89. The van der Waals surface area contributed by atoms with E-state index < -0.39 is 12.2 Å². The highest BCUT2D eigenvalue weighted by Gasteiger charge is 2.36. The lowest BCUT2D eigenvalue weighted by Gasteiger charge is -2.23. The summed E-state index contributed by atoms with van der Waals surface area (Å²) < 4.78 is 11.7. The SMILES string of the molecule is CC(=O)Oc1ccc2ccccc2c1C1OC(c2ccc(NC(=O)c3ccc(Cl)cc3)cc2)=NN1C(C)=O. The van der Waals surface area contributed by atoms with Crippen molar-refractivity contribution in [2.45, 2.75) is 20.1 Å². The monoisotopic (exact) mass is 527 g/mol. The number of esters is 1. The van der Waals surface area contributed by atoms with Crippen LogP contribution < -0.4 is 10.1 Å². The molecule has 1 unspecified atom stereocenters. The van der Waals surface area contributed by atoms with Gasteiger partial charge in [-0.25, -0.2) is 0 Å². The van der Waals surface area contributed by atoms with Crippen LogP contribution in [0.2, 0.25) is 5.02 Å². The number of carbonyl (C=O) groups is 3. The number of nitrogens with zero attached hydrogens (tertiary/aromatic N) is 2. The molecule has 38 heavy (non-hydrogen) atoms. The number of benzene rings is 4. The van der Waals surface area contributed by atoms with Gasteiger partial charge in [0, 0.05) is 35.7 Å². The minimum Gasteiger partial charge on any atom is -0.445 e. The molecule has 0 aromatic heterocycles. The Balaban J connectivity index is 1.43. The van der Waals surface area contributed by atoms with Crippen molar-refractivity contribution in [1.29, 1.82) is 0 Å². The van der Waals surface area contributed by atoms with Crippen molar-refractivity contribution in [2.24, 2.45) is 5.10 Å². The summed E-state index contributed by atoms with van der Waals surface area (Å²) in [6.45, 7) is 2.70. The predicted molar refractivity (Wildman–Crippen MR) is 144 cm³/mol. The molecule has 2 amide bonds. The molecule has 1 aliphatic heterocycles. The topological polar surface area (TPSA) is 97.3 Å². The molecular formula is C29H22ClN3O5. The molecule has 1 aliphatic rings. The molecule has 0 aliphatic carbocycles. The van der Waals surface area contributed by atoms with E-state index in [0.717, 1.165) is 10.8 Å². The molecule has 1 heterocycles. The lowest BCUT2D eigenvalue weighted by Crippen LogP contribution is -2.26. The molecule has 0 saturated carbocycles. The molecule has 0 spiro atoms. The molecule has 1 atom stereocenters. The van der Waals surface area contributed by atoms with Crippen LogP contribution in [0.3, 0.4) is 0 Å². The highest BCUT2D eigenvalue weighted by Crippen LogP contribution is 2.40. The smallest absolute Gasteiger partial charge is 0.308 e. The maximum atomic E-state index is 12.6. The Labute approximate surface area is 223 Å².